The van der Waals surface area contributed by atoms with E-state index in [2.05, 4.69) is 5.16 Å². The number of hydrogen-bond acceptors (Lipinski definition) is 2. The molecule has 0 saturated heterocycles. The molecule has 0 radical (unpaired) electrons. The SMILES string of the molecule is O/N=C(\Cc1ccccc1)c1ccc(F)c(F)c1. The summed E-state index contributed by atoms with van der Waals surface area (Å²) in [5.74, 6) is -1.88. The van der Waals surface area contributed by atoms with Crippen LogP contribution in [-0.4, -0.2) is 10.9 Å². The van der Waals surface area contributed by atoms with E-state index in [1.54, 1.807) is 0 Å². The molecule has 0 aliphatic carbocycles. The Balaban J connectivity index is 2.27. The zero-order valence-electron chi connectivity index (χ0n) is 9.48. The van der Waals surface area contributed by atoms with E-state index < -0.39 is 11.6 Å². The van der Waals surface area contributed by atoms with Crippen LogP contribution in [0.2, 0.25) is 0 Å². The quantitative estimate of drug-likeness (QED) is 0.503. The topological polar surface area (TPSA) is 32.6 Å². The molecule has 0 heterocycles. The van der Waals surface area contributed by atoms with E-state index in [0.717, 1.165) is 17.7 Å². The highest BCUT2D eigenvalue weighted by Gasteiger charge is 2.09. The number of benzene rings is 2. The number of rotatable bonds is 3. The van der Waals surface area contributed by atoms with Crippen LogP contribution in [0.25, 0.3) is 0 Å². The van der Waals surface area contributed by atoms with Gasteiger partial charge in [0.15, 0.2) is 11.6 Å². The van der Waals surface area contributed by atoms with Gasteiger partial charge in [0, 0.05) is 12.0 Å². The maximum absolute atomic E-state index is 13.1. The van der Waals surface area contributed by atoms with E-state index in [1.165, 1.54) is 6.07 Å². The van der Waals surface area contributed by atoms with E-state index in [1.807, 2.05) is 30.3 Å². The van der Waals surface area contributed by atoms with Gasteiger partial charge in [-0.1, -0.05) is 35.5 Å². The average molecular weight is 247 g/mol. The van der Waals surface area contributed by atoms with E-state index >= 15 is 0 Å². The van der Waals surface area contributed by atoms with Crippen LogP contribution in [0.5, 0.6) is 0 Å². The Kier molecular flexibility index (Phi) is 3.67. The van der Waals surface area contributed by atoms with Crippen molar-refractivity contribution in [2.24, 2.45) is 5.16 Å². The molecular weight excluding hydrogens is 236 g/mol. The molecule has 92 valence electrons. The summed E-state index contributed by atoms with van der Waals surface area (Å²) in [6.07, 6.45) is 0.350. The highest BCUT2D eigenvalue weighted by Crippen LogP contribution is 2.12. The van der Waals surface area contributed by atoms with Crippen LogP contribution in [0.15, 0.2) is 53.7 Å². The fourth-order valence-corrected chi connectivity index (χ4v) is 1.66. The standard InChI is InChI=1S/C14H11F2NO/c15-12-7-6-11(9-13(12)16)14(17-18)8-10-4-2-1-3-5-10/h1-7,9,18H,8H2/b17-14+. The van der Waals surface area contributed by atoms with Crippen molar-refractivity contribution in [1.29, 1.82) is 0 Å². The van der Waals surface area contributed by atoms with Gasteiger partial charge in [0.2, 0.25) is 0 Å². The summed E-state index contributed by atoms with van der Waals surface area (Å²) in [4.78, 5) is 0. The van der Waals surface area contributed by atoms with E-state index in [0.29, 0.717) is 17.7 Å². The lowest BCUT2D eigenvalue weighted by Gasteiger charge is -2.05. The normalized spacial score (nSPS) is 11.6. The van der Waals surface area contributed by atoms with Crippen molar-refractivity contribution in [2.75, 3.05) is 0 Å². The van der Waals surface area contributed by atoms with Gasteiger partial charge in [0.25, 0.3) is 0 Å². The smallest absolute Gasteiger partial charge is 0.159 e. The number of nitrogens with zero attached hydrogens (tertiary/aromatic N) is 1. The van der Waals surface area contributed by atoms with Gasteiger partial charge in [-0.3, -0.25) is 0 Å². The van der Waals surface area contributed by atoms with Gasteiger partial charge in [0.1, 0.15) is 0 Å². The Labute approximate surface area is 103 Å². The first-order chi connectivity index (χ1) is 8.70. The molecule has 0 fully saturated rings. The third-order valence-corrected chi connectivity index (χ3v) is 2.59. The van der Waals surface area contributed by atoms with Crippen LogP contribution in [0.1, 0.15) is 11.1 Å². The molecule has 0 aliphatic heterocycles. The molecular formula is C14H11F2NO. The van der Waals surface area contributed by atoms with Crippen LogP contribution in [0.3, 0.4) is 0 Å². The number of halogens is 2. The minimum absolute atomic E-state index is 0.292. The molecule has 0 unspecified atom stereocenters. The summed E-state index contributed by atoms with van der Waals surface area (Å²) in [5, 5.41) is 12.1. The Bertz CT molecular complexity index is 567. The van der Waals surface area contributed by atoms with Crippen LogP contribution in [0.4, 0.5) is 8.78 Å². The van der Waals surface area contributed by atoms with Crippen molar-refractivity contribution < 1.29 is 14.0 Å². The first kappa shape index (κ1) is 12.2. The molecule has 4 heteroatoms. The third kappa shape index (κ3) is 2.71. The van der Waals surface area contributed by atoms with Crippen molar-refractivity contribution in [3.63, 3.8) is 0 Å². The highest BCUT2D eigenvalue weighted by atomic mass is 19.2. The largest absolute Gasteiger partial charge is 0.411 e. The minimum atomic E-state index is -0.957. The summed E-state index contributed by atoms with van der Waals surface area (Å²) in [5.41, 5.74) is 1.58. The molecule has 0 bridgehead atoms. The fourth-order valence-electron chi connectivity index (χ4n) is 1.66. The summed E-state index contributed by atoms with van der Waals surface area (Å²) >= 11 is 0. The van der Waals surface area contributed by atoms with Crippen LogP contribution in [-0.2, 0) is 6.42 Å². The first-order valence-electron chi connectivity index (χ1n) is 5.41. The second-order valence-corrected chi connectivity index (χ2v) is 3.84. The van der Waals surface area contributed by atoms with Crippen molar-refractivity contribution in [3.05, 3.63) is 71.3 Å². The molecule has 2 aromatic carbocycles. The van der Waals surface area contributed by atoms with Crippen molar-refractivity contribution in [1.82, 2.24) is 0 Å². The zero-order chi connectivity index (χ0) is 13.0. The van der Waals surface area contributed by atoms with Gasteiger partial charge >= 0.3 is 0 Å². The molecule has 2 rings (SSSR count). The predicted octanol–water partition coefficient (Wildman–Crippen LogP) is 3.39. The predicted molar refractivity (Wildman–Crippen MR) is 64.8 cm³/mol. The molecule has 2 nitrogen and oxygen atoms in total. The molecule has 0 aliphatic rings. The highest BCUT2D eigenvalue weighted by molar-refractivity contribution is 6.01. The maximum Gasteiger partial charge on any atom is 0.159 e. The fraction of sp³-hybridized carbons (Fsp3) is 0.0714. The van der Waals surface area contributed by atoms with Gasteiger partial charge in [-0.25, -0.2) is 8.78 Å². The maximum atomic E-state index is 13.1. The van der Waals surface area contributed by atoms with Crippen LogP contribution < -0.4 is 0 Å². The van der Waals surface area contributed by atoms with Gasteiger partial charge in [-0.2, -0.15) is 0 Å². The van der Waals surface area contributed by atoms with E-state index in [-0.39, 0.29) is 0 Å². The van der Waals surface area contributed by atoms with E-state index in [4.69, 9.17) is 5.21 Å². The van der Waals surface area contributed by atoms with Crippen LogP contribution in [0, 0.1) is 11.6 Å². The van der Waals surface area contributed by atoms with Gasteiger partial charge in [0.05, 0.1) is 5.71 Å². The molecule has 0 aromatic heterocycles. The lowest BCUT2D eigenvalue weighted by Crippen LogP contribution is -2.06. The Morgan fingerprint density at radius 3 is 2.33 bits per heavy atom. The molecule has 18 heavy (non-hydrogen) atoms. The van der Waals surface area contributed by atoms with Gasteiger partial charge in [-0.05, 0) is 23.8 Å². The Morgan fingerprint density at radius 1 is 1.00 bits per heavy atom. The molecule has 0 atom stereocenters. The average Bonchev–Trinajstić information content (AvgIpc) is 2.40. The van der Waals surface area contributed by atoms with Crippen molar-refractivity contribution >= 4 is 5.71 Å². The first-order valence-corrected chi connectivity index (χ1v) is 5.41. The third-order valence-electron chi connectivity index (χ3n) is 2.59. The number of oxime groups is 1. The second kappa shape index (κ2) is 5.40. The summed E-state index contributed by atoms with van der Waals surface area (Å²) in [6.45, 7) is 0. The van der Waals surface area contributed by atoms with E-state index in [9.17, 15) is 8.78 Å². The van der Waals surface area contributed by atoms with Crippen molar-refractivity contribution in [2.45, 2.75) is 6.42 Å². The Hall–Kier alpha value is -2.23. The van der Waals surface area contributed by atoms with Gasteiger partial charge < -0.3 is 5.21 Å². The summed E-state index contributed by atoms with van der Waals surface area (Å²) in [6, 6.07) is 12.7. The summed E-state index contributed by atoms with van der Waals surface area (Å²) < 4.78 is 25.9. The Morgan fingerprint density at radius 2 is 1.72 bits per heavy atom. The molecule has 0 amide bonds. The van der Waals surface area contributed by atoms with Crippen LogP contribution >= 0.6 is 0 Å². The van der Waals surface area contributed by atoms with Gasteiger partial charge in [-0.15, -0.1) is 0 Å². The zero-order valence-corrected chi connectivity index (χ0v) is 9.48. The lowest BCUT2D eigenvalue weighted by molar-refractivity contribution is 0.318. The minimum Gasteiger partial charge on any atom is -0.411 e. The molecule has 1 N–H and O–H groups in total. The monoisotopic (exact) mass is 247 g/mol. The molecule has 2 aromatic rings. The lowest BCUT2D eigenvalue weighted by atomic mass is 10.0. The second-order valence-electron chi connectivity index (χ2n) is 3.84. The molecule has 0 spiro atoms. The number of hydrogen-bond donors (Lipinski definition) is 1. The van der Waals surface area contributed by atoms with Crippen molar-refractivity contribution in [3.8, 4) is 0 Å². The molecule has 0 saturated carbocycles. The summed E-state index contributed by atoms with van der Waals surface area (Å²) in [7, 11) is 0.